The fourth-order valence-corrected chi connectivity index (χ4v) is 9.77. The Morgan fingerprint density at radius 1 is 1.00 bits per heavy atom. The quantitative estimate of drug-likeness (QED) is 0.0237. The number of carbonyl (C=O) groups excluding carboxylic acids is 3. The van der Waals surface area contributed by atoms with Gasteiger partial charge in [-0.25, -0.2) is 31.1 Å². The van der Waals surface area contributed by atoms with Crippen LogP contribution < -0.4 is 9.62 Å². The van der Waals surface area contributed by atoms with Crippen LogP contribution in [0.25, 0.3) is 22.0 Å². The van der Waals surface area contributed by atoms with Crippen LogP contribution in [0, 0.1) is 24.5 Å². The van der Waals surface area contributed by atoms with Crippen molar-refractivity contribution < 1.29 is 100 Å². The number of allylic oxidation sites excluding steroid dienone is 1. The van der Waals surface area contributed by atoms with Crippen LogP contribution in [-0.4, -0.2) is 109 Å². The Balaban J connectivity index is 1.46. The lowest BCUT2D eigenvalue weighted by atomic mass is 9.93. The molecule has 5 aromatic rings. The van der Waals surface area contributed by atoms with Crippen LogP contribution in [0.4, 0.5) is 54.5 Å². The number of carboxylic acid groups (broad SMARTS) is 1. The standard InChI is InChI=1S/C44H42ClF10N8O12PS/c1-4-24-17-29-38(44(53,54)55)58-61(39(29)43(24,51)52)19-32(64)57-31(16-23-14-25(46)18-26(47)15-23)36-27(8-7-22(2)56-36)28-9-10-30(45)35-37(28)62(20-42(48,49)50)59-40(35)63(77(3,72)73)33(65)6-5-12-60(13-11-34(66)67)41(68)74-21-75-76(69,70)71/h4,7-10,14-15,18,24,31H,1,5-6,11-13,16-17,19-21H2,2-3H3,(H,57,64)(H,66,67)(H2,69,70,71)/t24-,31+/m1/s1. The molecule has 2 aromatic carbocycles. The fourth-order valence-electron chi connectivity index (χ4n) is 8.44. The lowest BCUT2D eigenvalue weighted by Gasteiger charge is -2.24. The first-order chi connectivity index (χ1) is 35.6. The molecule has 0 unspecified atom stereocenters. The Kier molecular flexibility index (Phi) is 17.6. The summed E-state index contributed by atoms with van der Waals surface area (Å²) in [6.45, 7) is -1.20. The number of nitrogens with zero attached hydrogens (tertiary/aromatic N) is 7. The molecule has 0 fully saturated rings. The Labute approximate surface area is 433 Å². The lowest BCUT2D eigenvalue weighted by molar-refractivity contribution is -0.143. The van der Waals surface area contributed by atoms with Crippen molar-refractivity contribution in [1.29, 1.82) is 0 Å². The number of alkyl halides is 8. The van der Waals surface area contributed by atoms with E-state index in [2.05, 4.69) is 36.3 Å². The second-order valence-electron chi connectivity index (χ2n) is 17.2. The molecular weight excluding hydrogens is 1120 g/mol. The minimum Gasteiger partial charge on any atom is -0.481 e. The van der Waals surface area contributed by atoms with Crippen LogP contribution in [0.3, 0.4) is 0 Å². The zero-order valence-corrected chi connectivity index (χ0v) is 42.2. The van der Waals surface area contributed by atoms with E-state index in [4.69, 9.17) is 26.5 Å². The molecule has 0 saturated carbocycles. The third kappa shape index (κ3) is 14.3. The summed E-state index contributed by atoms with van der Waals surface area (Å²) in [4.78, 5) is 74.9. The van der Waals surface area contributed by atoms with Crippen molar-refractivity contribution in [3.05, 3.63) is 106 Å². The number of benzene rings is 2. The average Bonchev–Trinajstić information content (AvgIpc) is 3.91. The molecule has 3 amide bonds. The number of nitrogens with one attached hydrogen (secondary N) is 1. The number of amides is 3. The van der Waals surface area contributed by atoms with E-state index in [1.54, 1.807) is 0 Å². The number of phosphoric acid groups is 1. The summed E-state index contributed by atoms with van der Waals surface area (Å²) in [5.41, 5.74) is -5.54. The van der Waals surface area contributed by atoms with Gasteiger partial charge in [-0.2, -0.15) is 49.6 Å². The molecule has 0 aliphatic heterocycles. The van der Waals surface area contributed by atoms with Gasteiger partial charge < -0.3 is 29.8 Å². The summed E-state index contributed by atoms with van der Waals surface area (Å²) in [6.07, 6.45) is -14.3. The molecule has 0 spiro atoms. The molecule has 6 rings (SSSR count). The average molecular weight is 1160 g/mol. The number of rotatable bonds is 21. The molecule has 1 aliphatic rings. The molecule has 3 aromatic heterocycles. The number of anilines is 1. The maximum Gasteiger partial charge on any atom is 0.472 e. The van der Waals surface area contributed by atoms with Gasteiger partial charge in [0.05, 0.1) is 46.3 Å². The minimum absolute atomic E-state index is 0.00149. The van der Waals surface area contributed by atoms with Crippen molar-refractivity contribution in [3.63, 3.8) is 0 Å². The number of halogens is 11. The van der Waals surface area contributed by atoms with Gasteiger partial charge in [-0.05, 0) is 56.0 Å². The number of carboxylic acids is 1. The van der Waals surface area contributed by atoms with Gasteiger partial charge in [-0.3, -0.25) is 28.7 Å². The van der Waals surface area contributed by atoms with Gasteiger partial charge in [0.15, 0.2) is 11.5 Å². The first-order valence-corrected chi connectivity index (χ1v) is 25.9. The van der Waals surface area contributed by atoms with Crippen molar-refractivity contribution in [3.8, 4) is 11.1 Å². The molecule has 33 heteroatoms. The highest BCUT2D eigenvalue weighted by atomic mass is 35.5. The highest BCUT2D eigenvalue weighted by Crippen LogP contribution is 2.50. The van der Waals surface area contributed by atoms with Gasteiger partial charge in [0.1, 0.15) is 30.4 Å². The van der Waals surface area contributed by atoms with E-state index in [1.807, 2.05) is 0 Å². The van der Waals surface area contributed by atoms with Gasteiger partial charge in [-0.15, -0.1) is 6.58 Å². The summed E-state index contributed by atoms with van der Waals surface area (Å²) in [5.74, 6) is -13.3. The van der Waals surface area contributed by atoms with Gasteiger partial charge in [0, 0.05) is 48.0 Å². The van der Waals surface area contributed by atoms with E-state index < -0.39 is 187 Å². The number of aliphatic carboxylic acids is 1. The van der Waals surface area contributed by atoms with E-state index in [-0.39, 0.29) is 41.7 Å². The molecule has 418 valence electrons. The fraction of sp³-hybridized carbons (Fsp3) is 0.386. The third-order valence-corrected chi connectivity index (χ3v) is 13.3. The Bertz CT molecular complexity index is 3280. The number of hydrogen-bond acceptors (Lipinski definition) is 12. The molecule has 3 heterocycles. The molecule has 20 nitrogen and oxygen atoms in total. The predicted octanol–water partition coefficient (Wildman–Crippen LogP) is 7.72. The number of sulfonamides is 1. The molecule has 0 saturated heterocycles. The Morgan fingerprint density at radius 2 is 1.65 bits per heavy atom. The van der Waals surface area contributed by atoms with Crippen LogP contribution in [0.2, 0.25) is 5.02 Å². The number of pyridine rings is 1. The zero-order valence-electron chi connectivity index (χ0n) is 39.7. The maximum atomic E-state index is 15.7. The molecule has 4 N–H and O–H groups in total. The normalized spacial score (nSPS) is 15.0. The number of fused-ring (bicyclic) bond motifs is 2. The zero-order chi connectivity index (χ0) is 57.3. The lowest BCUT2D eigenvalue weighted by Crippen LogP contribution is -2.38. The van der Waals surface area contributed by atoms with Crippen LogP contribution in [0.15, 0.2) is 55.1 Å². The number of ether oxygens (including phenoxy) is 1. The second kappa shape index (κ2) is 22.7. The van der Waals surface area contributed by atoms with Crippen molar-refractivity contribution in [2.75, 3.05) is 30.4 Å². The molecule has 1 aliphatic carbocycles. The first-order valence-electron chi connectivity index (χ1n) is 22.1. The first kappa shape index (κ1) is 59.6. The summed E-state index contributed by atoms with van der Waals surface area (Å²) < 4.78 is 194. The predicted molar refractivity (Wildman–Crippen MR) is 248 cm³/mol. The highest BCUT2D eigenvalue weighted by Gasteiger charge is 2.55. The van der Waals surface area contributed by atoms with Crippen LogP contribution >= 0.6 is 19.4 Å². The van der Waals surface area contributed by atoms with Gasteiger partial charge in [-0.1, -0.05) is 29.8 Å². The minimum atomic E-state index is -5.27. The second-order valence-corrected chi connectivity index (χ2v) is 20.7. The van der Waals surface area contributed by atoms with Crippen LogP contribution in [-0.2, 0) is 76.3 Å². The number of aryl methyl sites for hydroxylation is 1. The van der Waals surface area contributed by atoms with Gasteiger partial charge in [0.2, 0.25) is 28.6 Å². The summed E-state index contributed by atoms with van der Waals surface area (Å²) in [7, 11) is -10.1. The topological polar surface area (TPSA) is 266 Å². The molecule has 2 atom stereocenters. The van der Waals surface area contributed by atoms with Crippen molar-refractivity contribution >= 4 is 70.0 Å². The van der Waals surface area contributed by atoms with Gasteiger partial charge >= 0.3 is 32.2 Å². The number of carbonyl (C=O) groups is 4. The molecular formula is C44H42ClF10N8O12PS. The molecule has 0 radical (unpaired) electrons. The largest absolute Gasteiger partial charge is 0.481 e. The highest BCUT2D eigenvalue weighted by molar-refractivity contribution is 7.92. The van der Waals surface area contributed by atoms with E-state index in [1.165, 1.54) is 19.1 Å². The molecule has 77 heavy (non-hydrogen) atoms. The van der Waals surface area contributed by atoms with E-state index in [0.29, 0.717) is 17.2 Å². The number of aromatic nitrogens is 5. The van der Waals surface area contributed by atoms with Crippen LogP contribution in [0.5, 0.6) is 0 Å². The van der Waals surface area contributed by atoms with Crippen molar-refractivity contribution in [2.45, 2.75) is 76.4 Å². The molecule has 0 bridgehead atoms. The van der Waals surface area contributed by atoms with E-state index in [9.17, 15) is 67.3 Å². The van der Waals surface area contributed by atoms with Crippen molar-refractivity contribution in [2.24, 2.45) is 5.92 Å². The maximum absolute atomic E-state index is 15.7. The smallest absolute Gasteiger partial charge is 0.472 e. The third-order valence-electron chi connectivity index (χ3n) is 11.5. The van der Waals surface area contributed by atoms with E-state index >= 15 is 8.78 Å². The SMILES string of the molecule is C=C[C@@H]1Cc2c(C(F)(F)F)nn(CC(=O)N[C@@H](Cc3cc(F)cc(F)c3)c3nc(C)ccc3-c3ccc(Cl)c4c(N(C(=O)CCCN(CCC(=O)O)C(=O)OCOP(=O)(O)O)S(C)(=O)=O)nn(CC(F)(F)F)c34)c2C1(F)F. The Hall–Kier alpha value is -6.66. The number of phosphoric ester groups is 1. The summed E-state index contributed by atoms with van der Waals surface area (Å²) >= 11 is 6.62. The van der Waals surface area contributed by atoms with E-state index in [0.717, 1.165) is 30.3 Å². The monoisotopic (exact) mass is 1160 g/mol. The Morgan fingerprint density at radius 3 is 2.23 bits per heavy atom. The van der Waals surface area contributed by atoms with Gasteiger partial charge in [0.25, 0.3) is 5.92 Å². The van der Waals surface area contributed by atoms with Crippen LogP contribution in [0.1, 0.15) is 59.2 Å². The van der Waals surface area contributed by atoms with Crippen molar-refractivity contribution in [1.82, 2.24) is 34.8 Å². The number of hydrogen-bond donors (Lipinski definition) is 4. The summed E-state index contributed by atoms with van der Waals surface area (Å²) in [6, 6.07) is 5.11. The summed E-state index contributed by atoms with van der Waals surface area (Å²) in [5, 5.41) is 17.7.